The first-order valence-electron chi connectivity index (χ1n) is 13.7. The van der Waals surface area contributed by atoms with Gasteiger partial charge in [-0.2, -0.15) is 0 Å². The third-order valence-electron chi connectivity index (χ3n) is 7.54. The molecule has 38 heavy (non-hydrogen) atoms. The summed E-state index contributed by atoms with van der Waals surface area (Å²) < 4.78 is 10.7. The summed E-state index contributed by atoms with van der Waals surface area (Å²) >= 11 is 0. The molecule has 5 rings (SSSR count). The van der Waals surface area contributed by atoms with Gasteiger partial charge in [0.1, 0.15) is 5.75 Å². The largest absolute Gasteiger partial charge is 0.497 e. The van der Waals surface area contributed by atoms with Crippen LogP contribution in [0.2, 0.25) is 0 Å². The molecule has 0 atom stereocenters. The molecule has 2 aliphatic heterocycles. The minimum Gasteiger partial charge on any atom is -0.497 e. The fourth-order valence-electron chi connectivity index (χ4n) is 5.03. The van der Waals surface area contributed by atoms with E-state index in [0.29, 0.717) is 26.2 Å². The Balaban J connectivity index is 1.16. The third kappa shape index (κ3) is 6.79. The van der Waals surface area contributed by atoms with Crippen LogP contribution in [-0.4, -0.2) is 116 Å². The van der Waals surface area contributed by atoms with Crippen molar-refractivity contribution >= 4 is 17.6 Å². The van der Waals surface area contributed by atoms with Crippen molar-refractivity contribution in [2.75, 3.05) is 84.1 Å². The fourth-order valence-corrected chi connectivity index (χ4v) is 5.03. The van der Waals surface area contributed by atoms with Crippen molar-refractivity contribution < 1.29 is 19.1 Å². The number of nitrogens with zero attached hydrogens (tertiary/aromatic N) is 6. The number of aromatic nitrogens is 2. The molecule has 1 aliphatic carbocycles. The SMILES string of the molecule is COc1cccc(-c2ccc(N3CCCN(C(=O)CN(CCN4CCOCC4)C(=O)C4CC4)CC3)nn2)c1. The van der Waals surface area contributed by atoms with Crippen LogP contribution in [-0.2, 0) is 14.3 Å². The number of ether oxygens (including phenoxy) is 2. The second kappa shape index (κ2) is 12.5. The topological polar surface area (TPSA) is 91.3 Å². The second-order valence-electron chi connectivity index (χ2n) is 10.2. The van der Waals surface area contributed by atoms with Crippen LogP contribution in [0.5, 0.6) is 5.75 Å². The molecular formula is C28H38N6O4. The molecule has 3 fully saturated rings. The highest BCUT2D eigenvalue weighted by Gasteiger charge is 2.35. The first-order chi connectivity index (χ1) is 18.6. The standard InChI is InChI=1S/C28H38N6O4/c1-37-24-5-2-4-23(20-24)25-8-9-26(30-29-25)32-10-3-11-33(15-14-32)27(35)21-34(28(36)22-6-7-22)13-12-31-16-18-38-19-17-31/h2,4-5,8-9,20,22H,3,6-7,10-19,21H2,1H3. The van der Waals surface area contributed by atoms with Gasteiger partial charge in [0.15, 0.2) is 5.82 Å². The van der Waals surface area contributed by atoms with Crippen LogP contribution >= 0.6 is 0 Å². The number of morpholine rings is 1. The first kappa shape index (κ1) is 26.4. The molecule has 10 heteroatoms. The lowest BCUT2D eigenvalue weighted by molar-refractivity contribution is -0.141. The van der Waals surface area contributed by atoms with Gasteiger partial charge in [-0.25, -0.2) is 0 Å². The normalized spacial score (nSPS) is 18.7. The maximum Gasteiger partial charge on any atom is 0.242 e. The summed E-state index contributed by atoms with van der Waals surface area (Å²) in [6, 6.07) is 11.7. The van der Waals surface area contributed by atoms with E-state index in [1.807, 2.05) is 41.3 Å². The highest BCUT2D eigenvalue weighted by Crippen LogP contribution is 2.31. The molecule has 0 spiro atoms. The highest BCUT2D eigenvalue weighted by atomic mass is 16.5. The van der Waals surface area contributed by atoms with Gasteiger partial charge >= 0.3 is 0 Å². The number of rotatable bonds is 9. The van der Waals surface area contributed by atoms with Gasteiger partial charge in [0.25, 0.3) is 0 Å². The van der Waals surface area contributed by atoms with E-state index in [0.717, 1.165) is 81.5 Å². The molecular weight excluding hydrogens is 484 g/mol. The molecule has 204 valence electrons. The Kier molecular flexibility index (Phi) is 8.70. The quantitative estimate of drug-likeness (QED) is 0.492. The molecule has 0 radical (unpaired) electrons. The van der Waals surface area contributed by atoms with Gasteiger partial charge in [0.2, 0.25) is 11.8 Å². The van der Waals surface area contributed by atoms with Gasteiger partial charge in [0, 0.05) is 63.8 Å². The fraction of sp³-hybridized carbons (Fsp3) is 0.571. The molecule has 1 aromatic heterocycles. The smallest absolute Gasteiger partial charge is 0.242 e. The van der Waals surface area contributed by atoms with E-state index in [9.17, 15) is 9.59 Å². The van der Waals surface area contributed by atoms with Crippen molar-refractivity contribution in [3.05, 3.63) is 36.4 Å². The lowest BCUT2D eigenvalue weighted by Crippen LogP contribution is -2.48. The zero-order valence-electron chi connectivity index (χ0n) is 22.3. The summed E-state index contributed by atoms with van der Waals surface area (Å²) in [7, 11) is 1.65. The van der Waals surface area contributed by atoms with E-state index in [4.69, 9.17) is 9.47 Å². The van der Waals surface area contributed by atoms with Crippen LogP contribution in [0.25, 0.3) is 11.3 Å². The molecule has 10 nitrogen and oxygen atoms in total. The van der Waals surface area contributed by atoms with Crippen LogP contribution in [0, 0.1) is 5.92 Å². The van der Waals surface area contributed by atoms with Crippen molar-refractivity contribution in [3.8, 4) is 17.0 Å². The summed E-state index contributed by atoms with van der Waals surface area (Å²) in [4.78, 5) is 34.4. The van der Waals surface area contributed by atoms with Gasteiger partial charge in [-0.1, -0.05) is 12.1 Å². The van der Waals surface area contributed by atoms with Gasteiger partial charge in [-0.3, -0.25) is 14.5 Å². The van der Waals surface area contributed by atoms with E-state index in [-0.39, 0.29) is 24.3 Å². The van der Waals surface area contributed by atoms with Gasteiger partial charge in [-0.15, -0.1) is 10.2 Å². The average Bonchev–Trinajstić information content (AvgIpc) is 3.83. The molecule has 0 unspecified atom stereocenters. The predicted octanol–water partition coefficient (Wildman–Crippen LogP) is 1.76. The van der Waals surface area contributed by atoms with Crippen molar-refractivity contribution in [1.29, 1.82) is 0 Å². The second-order valence-corrected chi connectivity index (χ2v) is 10.2. The first-order valence-corrected chi connectivity index (χ1v) is 13.7. The van der Waals surface area contributed by atoms with Crippen molar-refractivity contribution in [2.45, 2.75) is 19.3 Å². The molecule has 3 aliphatic rings. The van der Waals surface area contributed by atoms with Crippen molar-refractivity contribution in [3.63, 3.8) is 0 Å². The number of anilines is 1. The maximum absolute atomic E-state index is 13.3. The van der Waals surface area contributed by atoms with Gasteiger partial charge in [-0.05, 0) is 43.5 Å². The molecule has 1 saturated carbocycles. The van der Waals surface area contributed by atoms with Gasteiger partial charge in [0.05, 0.1) is 32.6 Å². The van der Waals surface area contributed by atoms with Crippen LogP contribution in [0.4, 0.5) is 5.82 Å². The summed E-state index contributed by atoms with van der Waals surface area (Å²) in [6.07, 6.45) is 2.73. The lowest BCUT2D eigenvalue weighted by atomic mass is 10.1. The molecule has 3 heterocycles. The molecule has 2 aromatic rings. The van der Waals surface area contributed by atoms with Crippen LogP contribution in [0.1, 0.15) is 19.3 Å². The van der Waals surface area contributed by atoms with E-state index in [2.05, 4.69) is 20.0 Å². The lowest BCUT2D eigenvalue weighted by Gasteiger charge is -2.31. The molecule has 0 N–H and O–H groups in total. The Morgan fingerprint density at radius 2 is 1.87 bits per heavy atom. The van der Waals surface area contributed by atoms with E-state index in [1.165, 1.54) is 0 Å². The number of methoxy groups -OCH3 is 1. The number of benzene rings is 1. The van der Waals surface area contributed by atoms with E-state index in [1.54, 1.807) is 12.0 Å². The Labute approximate surface area is 224 Å². The van der Waals surface area contributed by atoms with E-state index < -0.39 is 0 Å². The van der Waals surface area contributed by atoms with Crippen LogP contribution < -0.4 is 9.64 Å². The predicted molar refractivity (Wildman–Crippen MR) is 144 cm³/mol. The molecule has 0 bridgehead atoms. The number of amides is 2. The third-order valence-corrected chi connectivity index (χ3v) is 7.54. The Morgan fingerprint density at radius 1 is 1.03 bits per heavy atom. The molecule has 2 saturated heterocycles. The average molecular weight is 523 g/mol. The zero-order valence-corrected chi connectivity index (χ0v) is 22.3. The number of carbonyl (C=O) groups excluding carboxylic acids is 2. The molecule has 2 amide bonds. The number of hydrogen-bond acceptors (Lipinski definition) is 8. The van der Waals surface area contributed by atoms with Crippen molar-refractivity contribution in [1.82, 2.24) is 24.9 Å². The van der Waals surface area contributed by atoms with Gasteiger partial charge < -0.3 is 24.2 Å². The summed E-state index contributed by atoms with van der Waals surface area (Å²) in [5, 5.41) is 8.92. The summed E-state index contributed by atoms with van der Waals surface area (Å²) in [6.45, 7) is 7.53. The van der Waals surface area contributed by atoms with Crippen molar-refractivity contribution in [2.24, 2.45) is 5.92 Å². The van der Waals surface area contributed by atoms with E-state index >= 15 is 0 Å². The Hall–Kier alpha value is -3.24. The minimum atomic E-state index is 0.0299. The summed E-state index contributed by atoms with van der Waals surface area (Å²) in [5.74, 6) is 1.86. The number of hydrogen-bond donors (Lipinski definition) is 0. The Morgan fingerprint density at radius 3 is 2.61 bits per heavy atom. The Bertz CT molecular complexity index is 1090. The van der Waals surface area contributed by atoms with Crippen LogP contribution in [0.3, 0.4) is 0 Å². The summed E-state index contributed by atoms with van der Waals surface area (Å²) in [5.41, 5.74) is 1.74. The minimum absolute atomic E-state index is 0.0299. The highest BCUT2D eigenvalue weighted by molar-refractivity contribution is 5.87. The maximum atomic E-state index is 13.3. The monoisotopic (exact) mass is 522 g/mol. The van der Waals surface area contributed by atoms with Crippen LogP contribution in [0.15, 0.2) is 36.4 Å². The zero-order chi connectivity index (χ0) is 26.3. The number of carbonyl (C=O) groups is 2. The molecule has 1 aromatic carbocycles.